The Bertz CT molecular complexity index is 1110. The molecule has 0 saturated carbocycles. The van der Waals surface area contributed by atoms with Crippen molar-refractivity contribution in [1.29, 1.82) is 0 Å². The van der Waals surface area contributed by atoms with Crippen LogP contribution in [0, 0.1) is 0 Å². The number of nitrogens with zero attached hydrogens (tertiary/aromatic N) is 1. The number of hydrogen-bond donors (Lipinski definition) is 0. The lowest BCUT2D eigenvalue weighted by atomic mass is 9.46. The molecule has 134 valence electrons. The first-order valence-electron chi connectivity index (χ1n) is 9.53. The number of rotatable bonds is 3. The van der Waals surface area contributed by atoms with Crippen molar-refractivity contribution in [2.75, 3.05) is 11.9 Å². The second-order valence-corrected chi connectivity index (χ2v) is 6.99. The van der Waals surface area contributed by atoms with Gasteiger partial charge in [-0.25, -0.2) is 0 Å². The molecule has 0 aromatic heterocycles. The smallest absolute Gasteiger partial charge is 0.328 e. The first kappa shape index (κ1) is 16.7. The molecule has 2 nitrogen and oxygen atoms in total. The molecule has 0 N–H and O–H groups in total. The Hall–Kier alpha value is -3.46. The fourth-order valence-corrected chi connectivity index (χ4v) is 4.17. The number of benzene rings is 4. The Balaban J connectivity index is 1.78. The molecule has 0 fully saturated rings. The SMILES string of the molecule is COc1ccc(N2B(c3ccccc3)c3ccccc3-c3ccccc32)cc1. The van der Waals surface area contributed by atoms with Crippen LogP contribution in [0.15, 0.2) is 103 Å². The summed E-state index contributed by atoms with van der Waals surface area (Å²) in [5.74, 6) is 0.866. The van der Waals surface area contributed by atoms with Crippen LogP contribution in [0.5, 0.6) is 5.75 Å². The first-order valence-corrected chi connectivity index (χ1v) is 9.53. The van der Waals surface area contributed by atoms with Gasteiger partial charge in [0, 0.05) is 16.9 Å². The Labute approximate surface area is 166 Å². The number of ether oxygens (including phenoxy) is 1. The van der Waals surface area contributed by atoms with Crippen molar-refractivity contribution in [3.05, 3.63) is 103 Å². The maximum Gasteiger partial charge on any atom is 0.328 e. The minimum atomic E-state index is 0.112. The van der Waals surface area contributed by atoms with E-state index in [9.17, 15) is 0 Å². The van der Waals surface area contributed by atoms with Crippen molar-refractivity contribution in [1.82, 2.24) is 0 Å². The third-order valence-corrected chi connectivity index (χ3v) is 5.43. The second-order valence-electron chi connectivity index (χ2n) is 6.99. The van der Waals surface area contributed by atoms with E-state index in [1.54, 1.807) is 7.11 Å². The Morgan fingerprint density at radius 2 is 1.29 bits per heavy atom. The number of hydrogen-bond acceptors (Lipinski definition) is 2. The molecule has 4 aromatic carbocycles. The van der Waals surface area contributed by atoms with Gasteiger partial charge in [0.25, 0.3) is 0 Å². The van der Waals surface area contributed by atoms with Gasteiger partial charge in [-0.3, -0.25) is 0 Å². The van der Waals surface area contributed by atoms with E-state index in [-0.39, 0.29) is 6.85 Å². The maximum atomic E-state index is 5.38. The van der Waals surface area contributed by atoms with Gasteiger partial charge in [-0.05, 0) is 41.4 Å². The quantitative estimate of drug-likeness (QED) is 0.494. The van der Waals surface area contributed by atoms with Gasteiger partial charge >= 0.3 is 6.85 Å². The molecule has 1 aliphatic heterocycles. The highest BCUT2D eigenvalue weighted by Crippen LogP contribution is 2.39. The minimum Gasteiger partial charge on any atom is -0.497 e. The van der Waals surface area contributed by atoms with Crippen LogP contribution < -0.4 is 20.5 Å². The third kappa shape index (κ3) is 2.68. The second kappa shape index (κ2) is 6.93. The zero-order valence-electron chi connectivity index (χ0n) is 15.7. The van der Waals surface area contributed by atoms with Crippen LogP contribution in [0.2, 0.25) is 0 Å². The maximum absolute atomic E-state index is 5.38. The molecule has 4 aromatic rings. The summed E-state index contributed by atoms with van der Waals surface area (Å²) >= 11 is 0. The normalized spacial score (nSPS) is 12.3. The van der Waals surface area contributed by atoms with Gasteiger partial charge in [0.1, 0.15) is 5.75 Å². The molecule has 0 saturated heterocycles. The highest BCUT2D eigenvalue weighted by Gasteiger charge is 2.36. The first-order chi connectivity index (χ1) is 13.9. The van der Waals surface area contributed by atoms with Gasteiger partial charge in [-0.1, -0.05) is 78.3 Å². The highest BCUT2D eigenvalue weighted by atomic mass is 16.5. The Kier molecular flexibility index (Phi) is 4.14. The van der Waals surface area contributed by atoms with Gasteiger partial charge in [0.2, 0.25) is 0 Å². The third-order valence-electron chi connectivity index (χ3n) is 5.43. The van der Waals surface area contributed by atoms with Gasteiger partial charge < -0.3 is 9.55 Å². The molecular formula is C25H20BNO. The molecule has 0 amide bonds. The topological polar surface area (TPSA) is 12.5 Å². The van der Waals surface area contributed by atoms with Gasteiger partial charge in [0.15, 0.2) is 0 Å². The summed E-state index contributed by atoms with van der Waals surface area (Å²) in [4.78, 5) is 2.44. The molecule has 0 atom stereocenters. The van der Waals surface area contributed by atoms with E-state index in [2.05, 4.69) is 95.8 Å². The Morgan fingerprint density at radius 1 is 0.643 bits per heavy atom. The highest BCUT2D eigenvalue weighted by molar-refractivity contribution is 6.90. The van der Waals surface area contributed by atoms with Gasteiger partial charge in [-0.2, -0.15) is 0 Å². The molecule has 28 heavy (non-hydrogen) atoms. The standard InChI is InChI=1S/C25H20BNO/c1-28-21-17-15-20(16-18-21)27-25-14-8-6-12-23(25)22-11-5-7-13-24(22)26(27)19-9-3-2-4-10-19/h2-18H,1H3. The predicted molar refractivity (Wildman–Crippen MR) is 118 cm³/mol. The number of methoxy groups -OCH3 is 1. The molecule has 3 heteroatoms. The van der Waals surface area contributed by atoms with Gasteiger partial charge in [0.05, 0.1) is 7.11 Å². The summed E-state index contributed by atoms with van der Waals surface area (Å²) in [5, 5.41) is 0. The van der Waals surface area contributed by atoms with Crippen molar-refractivity contribution >= 4 is 29.1 Å². The van der Waals surface area contributed by atoms with Gasteiger partial charge in [-0.15, -0.1) is 0 Å². The van der Waals surface area contributed by atoms with E-state index in [0.29, 0.717) is 0 Å². The summed E-state index contributed by atoms with van der Waals surface area (Å²) in [7, 11) is 1.70. The average molecular weight is 361 g/mol. The molecule has 5 rings (SSSR count). The summed E-state index contributed by atoms with van der Waals surface area (Å²) in [6.45, 7) is 0.112. The van der Waals surface area contributed by atoms with Crippen LogP contribution in [-0.4, -0.2) is 14.0 Å². The molecular weight excluding hydrogens is 341 g/mol. The largest absolute Gasteiger partial charge is 0.497 e. The summed E-state index contributed by atoms with van der Waals surface area (Å²) in [6.07, 6.45) is 0. The van der Waals surface area contributed by atoms with E-state index in [4.69, 9.17) is 4.74 Å². The zero-order chi connectivity index (χ0) is 18.9. The van der Waals surface area contributed by atoms with Crippen LogP contribution in [0.25, 0.3) is 11.1 Å². The minimum absolute atomic E-state index is 0.112. The molecule has 0 bridgehead atoms. The number of anilines is 2. The van der Waals surface area contributed by atoms with E-state index in [1.165, 1.54) is 27.7 Å². The summed E-state index contributed by atoms with van der Waals surface area (Å²) < 4.78 is 5.38. The molecule has 0 aliphatic carbocycles. The number of fused-ring (bicyclic) bond motifs is 3. The van der Waals surface area contributed by atoms with Crippen LogP contribution in [0.1, 0.15) is 0 Å². The van der Waals surface area contributed by atoms with Crippen molar-refractivity contribution in [2.24, 2.45) is 0 Å². The predicted octanol–water partition coefficient (Wildman–Crippen LogP) is 4.62. The molecule has 0 unspecified atom stereocenters. The molecule has 0 spiro atoms. The molecule has 0 radical (unpaired) electrons. The molecule has 1 aliphatic rings. The fourth-order valence-electron chi connectivity index (χ4n) is 4.17. The van der Waals surface area contributed by atoms with Crippen molar-refractivity contribution in [2.45, 2.75) is 0 Å². The Morgan fingerprint density at radius 3 is 2.04 bits per heavy atom. The van der Waals surface area contributed by atoms with Crippen molar-refractivity contribution in [3.63, 3.8) is 0 Å². The van der Waals surface area contributed by atoms with E-state index in [0.717, 1.165) is 11.4 Å². The van der Waals surface area contributed by atoms with Crippen molar-refractivity contribution < 1.29 is 4.74 Å². The average Bonchev–Trinajstić information content (AvgIpc) is 2.79. The van der Waals surface area contributed by atoms with Crippen LogP contribution in [0.4, 0.5) is 11.4 Å². The molecule has 1 heterocycles. The van der Waals surface area contributed by atoms with Crippen LogP contribution in [-0.2, 0) is 0 Å². The zero-order valence-corrected chi connectivity index (χ0v) is 15.7. The lowest BCUT2D eigenvalue weighted by Crippen LogP contribution is -2.57. The summed E-state index contributed by atoms with van der Waals surface area (Å²) in [6, 6.07) is 36.5. The summed E-state index contributed by atoms with van der Waals surface area (Å²) in [5.41, 5.74) is 7.54. The van der Waals surface area contributed by atoms with Crippen LogP contribution in [0.3, 0.4) is 0 Å². The lowest BCUT2D eigenvalue weighted by Gasteiger charge is -2.38. The lowest BCUT2D eigenvalue weighted by molar-refractivity contribution is 0.415. The van der Waals surface area contributed by atoms with Crippen molar-refractivity contribution in [3.8, 4) is 16.9 Å². The van der Waals surface area contributed by atoms with E-state index >= 15 is 0 Å². The van der Waals surface area contributed by atoms with E-state index < -0.39 is 0 Å². The van der Waals surface area contributed by atoms with Crippen LogP contribution >= 0.6 is 0 Å². The number of para-hydroxylation sites is 1. The van der Waals surface area contributed by atoms with E-state index in [1.807, 2.05) is 12.1 Å². The monoisotopic (exact) mass is 361 g/mol. The fraction of sp³-hybridized carbons (Fsp3) is 0.0400.